The average Bonchev–Trinajstić information content (AvgIpc) is 3.29. The van der Waals surface area contributed by atoms with Crippen molar-refractivity contribution in [2.24, 2.45) is 5.92 Å². The largest absolute Gasteiger partial charge is 0.325 e. The Bertz CT molecular complexity index is 893. The predicted octanol–water partition coefficient (Wildman–Crippen LogP) is 2.10. The molecule has 0 bridgehead atoms. The average molecular weight is 341 g/mol. The van der Waals surface area contributed by atoms with Crippen LogP contribution in [0.4, 0.5) is 8.78 Å². The van der Waals surface area contributed by atoms with Crippen molar-refractivity contribution in [2.45, 2.75) is 18.3 Å². The van der Waals surface area contributed by atoms with Crippen molar-refractivity contribution in [3.63, 3.8) is 0 Å². The van der Waals surface area contributed by atoms with Gasteiger partial charge in [0.2, 0.25) is 0 Å². The zero-order chi connectivity index (χ0) is 16.8. The highest BCUT2D eigenvalue weighted by molar-refractivity contribution is 6.30. The number of aromatic nitrogens is 4. The fraction of sp³-hybridized carbons (Fsp3) is 0.286. The highest BCUT2D eigenvalue weighted by Crippen LogP contribution is 2.57. The normalized spacial score (nSPS) is 20.3. The molecule has 2 N–H and O–H groups in total. The van der Waals surface area contributed by atoms with Gasteiger partial charge in [0.15, 0.2) is 5.15 Å². The second-order valence-electron chi connectivity index (χ2n) is 5.29. The van der Waals surface area contributed by atoms with Crippen LogP contribution >= 0.6 is 11.6 Å². The Morgan fingerprint density at radius 2 is 2.13 bits per heavy atom. The van der Waals surface area contributed by atoms with Gasteiger partial charge < -0.3 is 4.98 Å². The summed E-state index contributed by atoms with van der Waals surface area (Å²) in [6.45, 7) is 3.14. The lowest BCUT2D eigenvalue weighted by atomic mass is 10.1. The first-order chi connectivity index (χ1) is 10.8. The van der Waals surface area contributed by atoms with Gasteiger partial charge in [0.25, 0.3) is 11.5 Å². The summed E-state index contributed by atoms with van der Waals surface area (Å²) in [4.78, 5) is 27.2. The number of nitrogens with one attached hydrogen (secondary N) is 2. The maximum Gasteiger partial charge on any atom is 0.325 e. The van der Waals surface area contributed by atoms with Crippen LogP contribution in [0.1, 0.15) is 17.9 Å². The number of aromatic amines is 2. The highest BCUT2D eigenvalue weighted by atomic mass is 35.5. The van der Waals surface area contributed by atoms with Gasteiger partial charge in [0.1, 0.15) is 5.69 Å². The van der Waals surface area contributed by atoms with E-state index in [9.17, 15) is 18.4 Å². The van der Waals surface area contributed by atoms with Gasteiger partial charge in [0.05, 0.1) is 5.56 Å². The molecule has 1 unspecified atom stereocenters. The first-order valence-electron chi connectivity index (χ1n) is 6.70. The van der Waals surface area contributed by atoms with Crippen LogP contribution in [0.3, 0.4) is 0 Å². The van der Waals surface area contributed by atoms with Crippen molar-refractivity contribution in [3.05, 3.63) is 56.5 Å². The number of alkyl halides is 2. The molecule has 23 heavy (non-hydrogen) atoms. The molecule has 6 nitrogen and oxygen atoms in total. The van der Waals surface area contributed by atoms with E-state index in [1.165, 1.54) is 12.3 Å². The van der Waals surface area contributed by atoms with Crippen molar-refractivity contribution in [1.82, 2.24) is 20.2 Å². The molecule has 1 aliphatic rings. The van der Waals surface area contributed by atoms with Gasteiger partial charge in [-0.15, -0.1) is 10.2 Å². The maximum absolute atomic E-state index is 13.6. The number of nitrogens with zero attached hydrogens (tertiary/aromatic N) is 2. The second kappa shape index (κ2) is 5.38. The molecular weight excluding hydrogens is 330 g/mol. The number of hydrogen-bond donors (Lipinski definition) is 2. The van der Waals surface area contributed by atoms with Crippen LogP contribution < -0.4 is 11.2 Å². The highest BCUT2D eigenvalue weighted by Gasteiger charge is 2.54. The van der Waals surface area contributed by atoms with Gasteiger partial charge in [-0.05, 0) is 30.0 Å². The Balaban J connectivity index is 2.00. The topological polar surface area (TPSA) is 91.5 Å². The van der Waals surface area contributed by atoms with Crippen LogP contribution in [0, 0.1) is 5.92 Å². The summed E-state index contributed by atoms with van der Waals surface area (Å²) in [7, 11) is 0. The number of H-pyrrole nitrogens is 2. The molecule has 0 aliphatic heterocycles. The molecule has 2 heterocycles. The third-order valence-electron chi connectivity index (χ3n) is 3.83. The van der Waals surface area contributed by atoms with Gasteiger partial charge in [0, 0.05) is 12.1 Å². The summed E-state index contributed by atoms with van der Waals surface area (Å²) in [5, 5.41) is 7.52. The fourth-order valence-electron chi connectivity index (χ4n) is 2.50. The molecule has 0 radical (unpaired) electrons. The SMILES string of the molecule is C=CC(F)(F)C1C[C@@H]1c1cc(-c2c[nH]c(=O)[nH]c2=O)nnc1Cl. The maximum atomic E-state index is 13.6. The molecule has 1 aliphatic carbocycles. The van der Waals surface area contributed by atoms with Crippen molar-refractivity contribution < 1.29 is 8.78 Å². The smallest absolute Gasteiger partial charge is 0.313 e. The molecule has 0 aromatic carbocycles. The van der Waals surface area contributed by atoms with Gasteiger partial charge in [-0.2, -0.15) is 0 Å². The first-order valence-corrected chi connectivity index (χ1v) is 7.08. The van der Waals surface area contributed by atoms with E-state index in [4.69, 9.17) is 11.6 Å². The summed E-state index contributed by atoms with van der Waals surface area (Å²) in [6, 6.07) is 1.45. The van der Waals surface area contributed by atoms with Gasteiger partial charge in [-0.3, -0.25) is 9.78 Å². The lowest BCUT2D eigenvalue weighted by Gasteiger charge is -2.11. The van der Waals surface area contributed by atoms with E-state index < -0.39 is 29.0 Å². The summed E-state index contributed by atoms with van der Waals surface area (Å²) in [6.07, 6.45) is 2.05. The van der Waals surface area contributed by atoms with Crippen LogP contribution in [-0.4, -0.2) is 26.1 Å². The van der Waals surface area contributed by atoms with E-state index in [0.717, 1.165) is 0 Å². The Labute approximate surface area is 133 Å². The van der Waals surface area contributed by atoms with E-state index in [1.54, 1.807) is 0 Å². The third-order valence-corrected chi connectivity index (χ3v) is 4.12. The Morgan fingerprint density at radius 1 is 1.39 bits per heavy atom. The molecule has 1 fully saturated rings. The summed E-state index contributed by atoms with van der Waals surface area (Å²) >= 11 is 5.95. The molecule has 0 spiro atoms. The van der Waals surface area contributed by atoms with Gasteiger partial charge in [-0.25, -0.2) is 13.6 Å². The van der Waals surface area contributed by atoms with Crippen molar-refractivity contribution >= 4 is 11.6 Å². The van der Waals surface area contributed by atoms with E-state index >= 15 is 0 Å². The number of rotatable bonds is 4. The van der Waals surface area contributed by atoms with Gasteiger partial charge in [-0.1, -0.05) is 18.2 Å². The second-order valence-corrected chi connectivity index (χ2v) is 5.65. The minimum Gasteiger partial charge on any atom is -0.313 e. The summed E-state index contributed by atoms with van der Waals surface area (Å²) in [5.74, 6) is -4.37. The van der Waals surface area contributed by atoms with E-state index in [-0.39, 0.29) is 22.8 Å². The van der Waals surface area contributed by atoms with Gasteiger partial charge >= 0.3 is 5.69 Å². The molecule has 9 heteroatoms. The lowest BCUT2D eigenvalue weighted by molar-refractivity contribution is 0.0288. The monoisotopic (exact) mass is 340 g/mol. The Morgan fingerprint density at radius 3 is 2.78 bits per heavy atom. The molecule has 120 valence electrons. The minimum absolute atomic E-state index is 0.0157. The van der Waals surface area contributed by atoms with E-state index in [2.05, 4.69) is 26.7 Å². The standard InChI is InChI=1S/C14H11ClF2N4O2/c1-2-14(16,17)9-3-6(9)7-4-10(20-21-11(7)15)8-5-18-13(23)19-12(8)22/h2,4-6,9H,1,3H2,(H2,18,19,22,23)/t6-,9?/m1/s1. The van der Waals surface area contributed by atoms with Crippen molar-refractivity contribution in [1.29, 1.82) is 0 Å². The minimum atomic E-state index is -2.99. The molecule has 2 aromatic rings. The molecule has 3 rings (SSSR count). The molecule has 0 amide bonds. The predicted molar refractivity (Wildman–Crippen MR) is 79.7 cm³/mol. The van der Waals surface area contributed by atoms with Crippen molar-refractivity contribution in [2.75, 3.05) is 0 Å². The van der Waals surface area contributed by atoms with Crippen LogP contribution in [0.25, 0.3) is 11.3 Å². The number of halogens is 3. The number of allylic oxidation sites excluding steroid dienone is 1. The zero-order valence-electron chi connectivity index (χ0n) is 11.6. The Kier molecular flexibility index (Phi) is 3.63. The van der Waals surface area contributed by atoms with Crippen molar-refractivity contribution in [3.8, 4) is 11.3 Å². The van der Waals surface area contributed by atoms with E-state index in [1.807, 2.05) is 0 Å². The van der Waals surface area contributed by atoms with Crippen LogP contribution in [0.2, 0.25) is 5.15 Å². The number of hydrogen-bond acceptors (Lipinski definition) is 4. The summed E-state index contributed by atoms with van der Waals surface area (Å²) in [5.41, 5.74) is -0.695. The molecule has 1 saturated carbocycles. The first kappa shape index (κ1) is 15.5. The fourth-order valence-corrected chi connectivity index (χ4v) is 2.73. The molecular formula is C14H11ClF2N4O2. The summed E-state index contributed by atoms with van der Waals surface area (Å²) < 4.78 is 27.3. The third kappa shape index (κ3) is 2.81. The lowest BCUT2D eigenvalue weighted by Crippen LogP contribution is -2.23. The quantitative estimate of drug-likeness (QED) is 0.834. The molecule has 0 saturated heterocycles. The van der Waals surface area contributed by atoms with Crippen LogP contribution in [0.15, 0.2) is 34.5 Å². The van der Waals surface area contributed by atoms with Crippen LogP contribution in [-0.2, 0) is 0 Å². The molecule has 2 atom stereocenters. The Hall–Kier alpha value is -2.35. The zero-order valence-corrected chi connectivity index (χ0v) is 12.4. The molecule has 2 aromatic heterocycles. The van der Waals surface area contributed by atoms with Crippen LogP contribution in [0.5, 0.6) is 0 Å². The van der Waals surface area contributed by atoms with E-state index in [0.29, 0.717) is 11.6 Å².